The van der Waals surface area contributed by atoms with Crippen molar-refractivity contribution in [1.29, 1.82) is 0 Å². The van der Waals surface area contributed by atoms with Crippen molar-refractivity contribution in [3.63, 3.8) is 0 Å². The summed E-state index contributed by atoms with van der Waals surface area (Å²) in [5.74, 6) is 1.52. The molecule has 2 aromatic heterocycles. The van der Waals surface area contributed by atoms with Crippen LogP contribution in [0.1, 0.15) is 47.4 Å². The third kappa shape index (κ3) is 4.64. The highest BCUT2D eigenvalue weighted by atomic mass is 35.5. The maximum absolute atomic E-state index is 12.1. The average molecular weight is 548 g/mol. The number of aromatic nitrogens is 3. The van der Waals surface area contributed by atoms with E-state index in [0.29, 0.717) is 50.7 Å². The zero-order valence-corrected chi connectivity index (χ0v) is 22.0. The highest BCUT2D eigenvalue weighted by Crippen LogP contribution is 2.46. The Morgan fingerprint density at radius 3 is 2.55 bits per heavy atom. The van der Waals surface area contributed by atoms with Crippen LogP contribution >= 0.6 is 23.2 Å². The number of nitrogens with zero attached hydrogens (tertiary/aromatic N) is 3. The lowest BCUT2D eigenvalue weighted by molar-refractivity contribution is 0.0526. The first-order valence-corrected chi connectivity index (χ1v) is 13.1. The van der Waals surface area contributed by atoms with E-state index >= 15 is 0 Å². The minimum atomic E-state index is -0.358. The van der Waals surface area contributed by atoms with Crippen molar-refractivity contribution >= 4 is 40.2 Å². The molecule has 1 aliphatic rings. The molecule has 0 aliphatic heterocycles. The predicted molar refractivity (Wildman–Crippen MR) is 145 cm³/mol. The lowest BCUT2D eigenvalue weighted by Gasteiger charge is -2.11. The van der Waals surface area contributed by atoms with Gasteiger partial charge in [0.25, 0.3) is 0 Å². The Labute approximate surface area is 228 Å². The molecule has 9 heteroatoms. The highest BCUT2D eigenvalue weighted by molar-refractivity contribution is 6.39. The van der Waals surface area contributed by atoms with Gasteiger partial charge in [-0.05, 0) is 74.4 Å². The number of imidazole rings is 1. The van der Waals surface area contributed by atoms with E-state index in [1.807, 2.05) is 34.9 Å². The van der Waals surface area contributed by atoms with Crippen LogP contribution in [0.4, 0.5) is 0 Å². The number of rotatable bonds is 8. The molecule has 1 aliphatic carbocycles. The summed E-state index contributed by atoms with van der Waals surface area (Å²) in [7, 11) is 0. The molecule has 0 spiro atoms. The number of esters is 1. The normalized spacial score (nSPS) is 13.1. The predicted octanol–water partition coefficient (Wildman–Crippen LogP) is 7.62. The largest absolute Gasteiger partial charge is 0.489 e. The fourth-order valence-electron chi connectivity index (χ4n) is 4.47. The second kappa shape index (κ2) is 10.2. The number of ether oxygens (including phenoxy) is 2. The first kappa shape index (κ1) is 24.5. The lowest BCUT2D eigenvalue weighted by atomic mass is 10.0. The smallest absolute Gasteiger partial charge is 0.338 e. The topological polar surface area (TPSA) is 79.4 Å². The first-order chi connectivity index (χ1) is 18.5. The minimum Gasteiger partial charge on any atom is -0.489 e. The van der Waals surface area contributed by atoms with Crippen LogP contribution in [0.3, 0.4) is 0 Å². The molecule has 7 nitrogen and oxygen atoms in total. The van der Waals surface area contributed by atoms with Gasteiger partial charge in [-0.25, -0.2) is 9.78 Å². The van der Waals surface area contributed by atoms with Crippen LogP contribution in [0.25, 0.3) is 28.0 Å². The van der Waals surface area contributed by atoms with Gasteiger partial charge in [0.2, 0.25) is 0 Å². The van der Waals surface area contributed by atoms with Crippen molar-refractivity contribution in [3.05, 3.63) is 93.9 Å². The van der Waals surface area contributed by atoms with Crippen LogP contribution in [0.15, 0.2) is 71.5 Å². The van der Waals surface area contributed by atoms with Gasteiger partial charge in [0.1, 0.15) is 30.1 Å². The van der Waals surface area contributed by atoms with Gasteiger partial charge in [0.15, 0.2) is 0 Å². The fourth-order valence-corrected chi connectivity index (χ4v) is 5.04. The van der Waals surface area contributed by atoms with Crippen LogP contribution in [0.2, 0.25) is 10.0 Å². The van der Waals surface area contributed by atoms with E-state index < -0.39 is 0 Å². The van der Waals surface area contributed by atoms with E-state index in [4.69, 9.17) is 37.2 Å². The molecule has 2 heterocycles. The van der Waals surface area contributed by atoms with E-state index in [9.17, 15) is 4.79 Å². The molecule has 0 atom stereocenters. The van der Waals surface area contributed by atoms with Gasteiger partial charge in [0.05, 0.1) is 38.8 Å². The average Bonchev–Trinajstić information content (AvgIpc) is 3.55. The van der Waals surface area contributed by atoms with Gasteiger partial charge in [0, 0.05) is 17.2 Å². The molecule has 192 valence electrons. The zero-order valence-electron chi connectivity index (χ0n) is 20.5. The Balaban J connectivity index is 1.23. The molecular formula is C29H23Cl2N3O4. The Hall–Kier alpha value is -3.81. The summed E-state index contributed by atoms with van der Waals surface area (Å²) in [5, 5.41) is 5.35. The Morgan fingerprint density at radius 2 is 1.84 bits per heavy atom. The summed E-state index contributed by atoms with van der Waals surface area (Å²) in [6.45, 7) is 2.38. The standard InChI is InChI=1S/C29H23Cl2N3O4/c1-2-36-29(35)18-8-13-25-24(14-18)32-16-34(25)19-9-11-20(12-10-19)37-15-21-27(33-38-28(21)17-6-7-17)26-22(30)4-3-5-23(26)31/h3-5,8-14,16-17H,2,6-7,15H2,1H3. The molecule has 0 N–H and O–H groups in total. The molecule has 1 fully saturated rings. The minimum absolute atomic E-state index is 0.274. The van der Waals surface area contributed by atoms with Crippen molar-refractivity contribution in [3.8, 4) is 22.7 Å². The summed E-state index contributed by atoms with van der Waals surface area (Å²) in [6.07, 6.45) is 3.85. The van der Waals surface area contributed by atoms with Crippen molar-refractivity contribution in [1.82, 2.24) is 14.7 Å². The summed E-state index contributed by atoms with van der Waals surface area (Å²) in [6, 6.07) is 18.4. The van der Waals surface area contributed by atoms with E-state index in [0.717, 1.165) is 35.4 Å². The van der Waals surface area contributed by atoms with Crippen LogP contribution in [0.5, 0.6) is 5.75 Å². The number of hydrogen-bond acceptors (Lipinski definition) is 6. The third-order valence-corrected chi connectivity index (χ3v) is 7.15. The van der Waals surface area contributed by atoms with Crippen LogP contribution in [-0.4, -0.2) is 27.3 Å². The summed E-state index contributed by atoms with van der Waals surface area (Å²) in [5.41, 5.74) is 5.11. The van der Waals surface area contributed by atoms with Crippen LogP contribution in [-0.2, 0) is 11.3 Å². The van der Waals surface area contributed by atoms with E-state index in [-0.39, 0.29) is 12.6 Å². The Bertz CT molecular complexity index is 1620. The molecule has 0 radical (unpaired) electrons. The molecular weight excluding hydrogens is 525 g/mol. The molecule has 0 bridgehead atoms. The molecule has 0 unspecified atom stereocenters. The number of benzene rings is 3. The van der Waals surface area contributed by atoms with Gasteiger partial charge in [-0.15, -0.1) is 0 Å². The van der Waals surface area contributed by atoms with Crippen molar-refractivity contribution in [2.24, 2.45) is 0 Å². The molecule has 0 saturated heterocycles. The van der Waals surface area contributed by atoms with E-state index in [2.05, 4.69) is 10.1 Å². The summed E-state index contributed by atoms with van der Waals surface area (Å²) in [4.78, 5) is 16.5. The number of carbonyl (C=O) groups is 1. The van der Waals surface area contributed by atoms with Crippen molar-refractivity contribution in [2.75, 3.05) is 6.61 Å². The highest BCUT2D eigenvalue weighted by Gasteiger charge is 2.33. The van der Waals surface area contributed by atoms with Gasteiger partial charge in [-0.1, -0.05) is 34.4 Å². The van der Waals surface area contributed by atoms with Crippen LogP contribution in [0, 0.1) is 0 Å². The van der Waals surface area contributed by atoms with Gasteiger partial charge in [-0.2, -0.15) is 0 Å². The molecule has 0 amide bonds. The number of hydrogen-bond donors (Lipinski definition) is 0. The SMILES string of the molecule is CCOC(=O)c1ccc2c(c1)ncn2-c1ccc(OCc2c(-c3c(Cl)cccc3Cl)noc2C2CC2)cc1. The fraction of sp³-hybridized carbons (Fsp3) is 0.207. The quantitative estimate of drug-likeness (QED) is 0.186. The molecule has 3 aromatic carbocycles. The molecule has 1 saturated carbocycles. The molecule has 6 rings (SSSR count). The second-order valence-corrected chi connectivity index (χ2v) is 9.88. The zero-order chi connectivity index (χ0) is 26.2. The number of carbonyl (C=O) groups excluding carboxylic acids is 1. The van der Waals surface area contributed by atoms with E-state index in [1.165, 1.54) is 0 Å². The Kier molecular flexibility index (Phi) is 6.55. The maximum atomic E-state index is 12.1. The summed E-state index contributed by atoms with van der Waals surface area (Å²) < 4.78 is 18.9. The molecule has 5 aromatic rings. The lowest BCUT2D eigenvalue weighted by Crippen LogP contribution is -2.04. The van der Waals surface area contributed by atoms with Crippen LogP contribution < -0.4 is 4.74 Å². The Morgan fingerprint density at radius 1 is 1.08 bits per heavy atom. The second-order valence-electron chi connectivity index (χ2n) is 9.07. The van der Waals surface area contributed by atoms with Crippen molar-refractivity contribution < 1.29 is 18.8 Å². The van der Waals surface area contributed by atoms with Gasteiger partial charge in [-0.3, -0.25) is 4.57 Å². The van der Waals surface area contributed by atoms with Gasteiger partial charge >= 0.3 is 5.97 Å². The first-order valence-electron chi connectivity index (χ1n) is 12.3. The summed E-state index contributed by atoms with van der Waals surface area (Å²) >= 11 is 12.9. The van der Waals surface area contributed by atoms with Crippen molar-refractivity contribution in [2.45, 2.75) is 32.3 Å². The molecule has 38 heavy (non-hydrogen) atoms. The number of halogens is 2. The maximum Gasteiger partial charge on any atom is 0.338 e. The van der Waals surface area contributed by atoms with Gasteiger partial charge < -0.3 is 14.0 Å². The number of fused-ring (bicyclic) bond motifs is 1. The van der Waals surface area contributed by atoms with E-state index in [1.54, 1.807) is 43.6 Å². The monoisotopic (exact) mass is 547 g/mol. The third-order valence-electron chi connectivity index (χ3n) is 6.52.